The number of carbonyl (C=O) groups is 5. The summed E-state index contributed by atoms with van der Waals surface area (Å²) in [7, 11) is 1.34. The Balaban J connectivity index is 0.917. The summed E-state index contributed by atoms with van der Waals surface area (Å²) in [6, 6.07) is 13.0. The van der Waals surface area contributed by atoms with Crippen LogP contribution < -0.4 is 9.80 Å². The van der Waals surface area contributed by atoms with Crippen LogP contribution in [0, 0.1) is 5.92 Å². The maximum Gasteiger partial charge on any atom is 0.414 e. The number of hydrogen-bond donors (Lipinski definition) is 3. The van der Waals surface area contributed by atoms with Gasteiger partial charge in [-0.3, -0.25) is 19.3 Å². The van der Waals surface area contributed by atoms with Gasteiger partial charge < -0.3 is 34.2 Å². The molecule has 13 nitrogen and oxygen atoms in total. The van der Waals surface area contributed by atoms with Crippen LogP contribution in [0.2, 0.25) is 0 Å². The molecule has 0 radical (unpaired) electrons. The smallest absolute Gasteiger partial charge is 0.414 e. The van der Waals surface area contributed by atoms with Crippen molar-refractivity contribution in [3.63, 3.8) is 0 Å². The zero-order valence-corrected chi connectivity index (χ0v) is 29.6. The Morgan fingerprint density at radius 2 is 1.38 bits per heavy atom. The Labute approximate surface area is 302 Å². The molecule has 2 atom stereocenters. The van der Waals surface area contributed by atoms with Gasteiger partial charge in [-0.2, -0.15) is 0 Å². The number of likely N-dealkylation sites (tertiary alicyclic amines) is 1. The molecular formula is C40H36N6O7. The average molecular weight is 713 g/mol. The number of allylic oxidation sites excluding steroid dienone is 2. The van der Waals surface area contributed by atoms with Gasteiger partial charge in [0, 0.05) is 70.0 Å². The van der Waals surface area contributed by atoms with Crippen LogP contribution in [0.5, 0.6) is 0 Å². The zero-order chi connectivity index (χ0) is 36.7. The number of ether oxygens (including phenoxy) is 2. The van der Waals surface area contributed by atoms with Crippen LogP contribution in [0.1, 0.15) is 85.8 Å². The number of aromatic nitrogens is 3. The van der Waals surface area contributed by atoms with E-state index in [2.05, 4.69) is 15.0 Å². The second kappa shape index (κ2) is 10.5. The van der Waals surface area contributed by atoms with Crippen LogP contribution >= 0.6 is 0 Å². The molecule has 1 spiro atoms. The predicted molar refractivity (Wildman–Crippen MR) is 195 cm³/mol. The third-order valence-corrected chi connectivity index (χ3v) is 11.6. The first-order valence-electron chi connectivity index (χ1n) is 17.9. The lowest BCUT2D eigenvalue weighted by Gasteiger charge is -2.30. The molecule has 13 heteroatoms. The lowest BCUT2D eigenvalue weighted by molar-refractivity contribution is 0.0321. The van der Waals surface area contributed by atoms with Gasteiger partial charge in [-0.05, 0) is 105 Å². The molecule has 3 aliphatic heterocycles. The summed E-state index contributed by atoms with van der Waals surface area (Å²) < 4.78 is 10.5. The molecule has 1 saturated carbocycles. The topological polar surface area (TPSA) is 161 Å². The molecule has 3 aromatic heterocycles. The summed E-state index contributed by atoms with van der Waals surface area (Å²) in [5.74, 6) is -0.959. The summed E-state index contributed by atoms with van der Waals surface area (Å²) in [4.78, 5) is 81.3. The number of methoxy groups -OCH3 is 1. The molecule has 0 unspecified atom stereocenters. The van der Waals surface area contributed by atoms with E-state index in [1.165, 1.54) is 13.2 Å². The van der Waals surface area contributed by atoms with Crippen molar-refractivity contribution >= 4 is 62.8 Å². The summed E-state index contributed by atoms with van der Waals surface area (Å²) >= 11 is 0. The number of nitrogens with one attached hydrogen (secondary N) is 3. The van der Waals surface area contributed by atoms with E-state index in [0.717, 1.165) is 56.3 Å². The molecule has 268 valence electrons. The highest BCUT2D eigenvalue weighted by molar-refractivity contribution is 6.14. The van der Waals surface area contributed by atoms with E-state index in [0.29, 0.717) is 60.9 Å². The van der Waals surface area contributed by atoms with Crippen LogP contribution in [0.15, 0.2) is 54.2 Å². The molecule has 2 aromatic carbocycles. The van der Waals surface area contributed by atoms with E-state index in [1.54, 1.807) is 26.8 Å². The van der Waals surface area contributed by atoms with E-state index >= 15 is 0 Å². The number of carbonyl (C=O) groups excluding carboxylic acids is 5. The van der Waals surface area contributed by atoms with Crippen LogP contribution in [-0.4, -0.2) is 81.9 Å². The quantitative estimate of drug-likeness (QED) is 0.201. The van der Waals surface area contributed by atoms with E-state index in [1.807, 2.05) is 51.1 Å². The fourth-order valence-corrected chi connectivity index (χ4v) is 9.17. The zero-order valence-electron chi connectivity index (χ0n) is 29.6. The first kappa shape index (κ1) is 31.6. The van der Waals surface area contributed by atoms with E-state index in [4.69, 9.17) is 9.47 Å². The molecule has 53 heavy (non-hydrogen) atoms. The minimum absolute atomic E-state index is 0.154. The van der Waals surface area contributed by atoms with Crippen molar-refractivity contribution in [3.05, 3.63) is 93.7 Å². The third-order valence-electron chi connectivity index (χ3n) is 11.6. The van der Waals surface area contributed by atoms with E-state index < -0.39 is 23.1 Å². The number of amides is 3. The van der Waals surface area contributed by atoms with Gasteiger partial charge in [0.1, 0.15) is 22.7 Å². The number of hydrogen-bond acceptors (Lipinski definition) is 7. The summed E-state index contributed by atoms with van der Waals surface area (Å²) in [6.45, 7) is 6.87. The Hall–Kier alpha value is -6.11. The monoisotopic (exact) mass is 712 g/mol. The van der Waals surface area contributed by atoms with Crippen molar-refractivity contribution in [3.8, 4) is 0 Å². The van der Waals surface area contributed by atoms with Crippen molar-refractivity contribution in [2.75, 3.05) is 36.5 Å². The second-order valence-corrected chi connectivity index (χ2v) is 15.6. The predicted octanol–water partition coefficient (Wildman–Crippen LogP) is 5.76. The lowest BCUT2D eigenvalue weighted by atomic mass is 9.85. The number of piperidine rings is 1. The number of ketones is 1. The maximum atomic E-state index is 14.1. The van der Waals surface area contributed by atoms with Gasteiger partial charge in [0.25, 0.3) is 11.8 Å². The molecule has 2 aliphatic carbocycles. The third kappa shape index (κ3) is 4.39. The molecule has 2 fully saturated rings. The summed E-state index contributed by atoms with van der Waals surface area (Å²) in [5, 5.41) is 1.77. The van der Waals surface area contributed by atoms with Crippen molar-refractivity contribution in [1.82, 2.24) is 19.9 Å². The standard InChI is InChI=1S/C40H36N6O7/c1-39(2,3)53-38(51)46-18-19-17-40(19)24-15-28(43-34(24)32(47)16-33(40)46)36(49)45-12-9-20-22-13-27(41-25(22)5-7-30(20)45)35(48)44-11-10-21-23-14-29(37(50)52-4)42-26(23)6-8-31(21)44/h5-8,13-16,19,41-43H,9-12,17-18H2,1-4H3/t19-,40-/m1/s1. The number of fused-ring (bicyclic) bond motifs is 7. The lowest BCUT2D eigenvalue weighted by Crippen LogP contribution is -2.37. The molecule has 10 rings (SSSR count). The van der Waals surface area contributed by atoms with E-state index in [9.17, 15) is 24.0 Å². The number of rotatable bonds is 3. The fraction of sp³-hybridized carbons (Fsp3) is 0.325. The molecule has 3 amide bonds. The van der Waals surface area contributed by atoms with Crippen molar-refractivity contribution < 1.29 is 33.4 Å². The van der Waals surface area contributed by atoms with Crippen LogP contribution in [-0.2, 0) is 27.7 Å². The van der Waals surface area contributed by atoms with Gasteiger partial charge in [0.2, 0.25) is 5.78 Å². The van der Waals surface area contributed by atoms with Gasteiger partial charge in [0.15, 0.2) is 0 Å². The number of esters is 1. The highest BCUT2D eigenvalue weighted by Gasteiger charge is 2.68. The highest BCUT2D eigenvalue weighted by Crippen LogP contribution is 2.66. The fourth-order valence-electron chi connectivity index (χ4n) is 9.17. The maximum absolute atomic E-state index is 14.1. The molecule has 0 bridgehead atoms. The van der Waals surface area contributed by atoms with Crippen molar-refractivity contribution in [1.29, 1.82) is 0 Å². The number of anilines is 2. The Bertz CT molecular complexity index is 2560. The molecule has 6 heterocycles. The average Bonchev–Trinajstić information content (AvgIpc) is 3.85. The van der Waals surface area contributed by atoms with Gasteiger partial charge in [-0.1, -0.05) is 0 Å². The van der Waals surface area contributed by atoms with Crippen LogP contribution in [0.25, 0.3) is 21.8 Å². The Morgan fingerprint density at radius 1 is 0.792 bits per heavy atom. The first-order chi connectivity index (χ1) is 25.4. The van der Waals surface area contributed by atoms with Gasteiger partial charge in [0.05, 0.1) is 12.8 Å². The molecule has 5 aliphatic rings. The molecular weight excluding hydrogens is 676 g/mol. The van der Waals surface area contributed by atoms with Crippen LogP contribution in [0.3, 0.4) is 0 Å². The summed E-state index contributed by atoms with van der Waals surface area (Å²) in [6.07, 6.45) is 3.12. The molecule has 3 N–H and O–H groups in total. The van der Waals surface area contributed by atoms with Crippen LogP contribution in [0.4, 0.5) is 16.2 Å². The summed E-state index contributed by atoms with van der Waals surface area (Å²) in [5.41, 5.74) is 6.98. The van der Waals surface area contributed by atoms with Crippen molar-refractivity contribution in [2.24, 2.45) is 5.92 Å². The number of aromatic amines is 3. The number of benzene rings is 2. The number of nitrogens with zero attached hydrogens (tertiary/aromatic N) is 3. The number of H-pyrrole nitrogens is 3. The molecule has 1 saturated heterocycles. The highest BCUT2D eigenvalue weighted by atomic mass is 16.6. The Kier molecular flexibility index (Phi) is 6.26. The first-order valence-corrected chi connectivity index (χ1v) is 17.9. The minimum atomic E-state index is -0.666. The largest absolute Gasteiger partial charge is 0.464 e. The minimum Gasteiger partial charge on any atom is -0.464 e. The molecule has 5 aromatic rings. The van der Waals surface area contributed by atoms with E-state index in [-0.39, 0.29) is 23.5 Å². The SMILES string of the molecule is COC(=O)c1cc2c3c(ccc2[nH]1)N(C(=O)c1cc2c4c(ccc2[nH]1)N(C(=O)c1cc2c([nH]1)C(=O)C=C1N(C(=O)OC(C)(C)C)C[C@H]5C[C@]125)CC4)CC3. The normalized spacial score (nSPS) is 21.0. The van der Waals surface area contributed by atoms with Gasteiger partial charge in [-0.15, -0.1) is 0 Å². The van der Waals surface area contributed by atoms with Crippen molar-refractivity contribution in [2.45, 2.75) is 51.0 Å². The second-order valence-electron chi connectivity index (χ2n) is 15.6. The van der Waals surface area contributed by atoms with Gasteiger partial charge in [-0.25, -0.2) is 9.59 Å². The van der Waals surface area contributed by atoms with Gasteiger partial charge >= 0.3 is 12.1 Å². The Morgan fingerprint density at radius 3 is 1.98 bits per heavy atom.